The molecular formula is C23H24O7S. The van der Waals surface area contributed by atoms with Crippen LogP contribution in [0.2, 0.25) is 0 Å². The molecule has 0 spiro atoms. The Labute approximate surface area is 183 Å². The smallest absolute Gasteiger partial charge is 0.428 e. The van der Waals surface area contributed by atoms with Gasteiger partial charge in [-0.2, -0.15) is 0 Å². The largest absolute Gasteiger partial charge is 0.514 e. The summed E-state index contributed by atoms with van der Waals surface area (Å²) < 4.78 is 22.3. The summed E-state index contributed by atoms with van der Waals surface area (Å²) in [5.41, 5.74) is -1.79. The molecule has 7 nitrogen and oxygen atoms in total. The van der Waals surface area contributed by atoms with Gasteiger partial charge in [0.1, 0.15) is 11.2 Å². The Kier molecular flexibility index (Phi) is 5.96. The first kappa shape index (κ1) is 22.6. The average molecular weight is 445 g/mol. The molecule has 8 heteroatoms. The van der Waals surface area contributed by atoms with E-state index in [9.17, 15) is 14.4 Å². The van der Waals surface area contributed by atoms with Crippen molar-refractivity contribution in [2.24, 2.45) is 0 Å². The summed E-state index contributed by atoms with van der Waals surface area (Å²) in [7, 11) is 0. The average Bonchev–Trinajstić information content (AvgIpc) is 2.61. The monoisotopic (exact) mass is 444 g/mol. The third kappa shape index (κ3) is 5.52. The molecule has 0 fully saturated rings. The van der Waals surface area contributed by atoms with E-state index in [0.29, 0.717) is 20.2 Å². The molecule has 3 aromatic rings. The van der Waals surface area contributed by atoms with Crippen LogP contribution in [0.4, 0.5) is 9.59 Å². The Morgan fingerprint density at radius 1 is 0.774 bits per heavy atom. The highest BCUT2D eigenvalue weighted by molar-refractivity contribution is 7.25. The lowest BCUT2D eigenvalue weighted by atomic mass is 10.1. The zero-order valence-corrected chi connectivity index (χ0v) is 19.0. The van der Waals surface area contributed by atoms with Gasteiger partial charge in [0.25, 0.3) is 0 Å². The molecule has 0 saturated carbocycles. The van der Waals surface area contributed by atoms with Crippen LogP contribution in [-0.2, 0) is 9.47 Å². The minimum absolute atomic E-state index is 0.0569. The zero-order valence-electron chi connectivity index (χ0n) is 18.2. The van der Waals surface area contributed by atoms with Crippen molar-refractivity contribution in [1.29, 1.82) is 0 Å². The third-order valence-electron chi connectivity index (χ3n) is 3.82. The van der Waals surface area contributed by atoms with E-state index in [0.717, 1.165) is 0 Å². The summed E-state index contributed by atoms with van der Waals surface area (Å²) >= 11 is 1.24. The first-order valence-corrected chi connectivity index (χ1v) is 10.5. The second-order valence-electron chi connectivity index (χ2n) is 8.83. The van der Waals surface area contributed by atoms with Crippen LogP contribution in [0.3, 0.4) is 0 Å². The number of hydrogen-bond acceptors (Lipinski definition) is 8. The quantitative estimate of drug-likeness (QED) is 0.270. The van der Waals surface area contributed by atoms with Gasteiger partial charge < -0.3 is 18.9 Å². The maximum Gasteiger partial charge on any atom is 0.514 e. The van der Waals surface area contributed by atoms with Gasteiger partial charge in [-0.15, -0.1) is 11.3 Å². The zero-order chi connectivity index (χ0) is 23.0. The van der Waals surface area contributed by atoms with Crippen molar-refractivity contribution >= 4 is 43.8 Å². The molecule has 3 rings (SSSR count). The van der Waals surface area contributed by atoms with Crippen molar-refractivity contribution in [2.45, 2.75) is 52.7 Å². The van der Waals surface area contributed by atoms with Gasteiger partial charge in [0.15, 0.2) is 16.9 Å². The lowest BCUT2D eigenvalue weighted by molar-refractivity contribution is 0.0141. The molecule has 0 aliphatic rings. The lowest BCUT2D eigenvalue weighted by Crippen LogP contribution is -2.27. The number of rotatable bonds is 2. The van der Waals surface area contributed by atoms with Gasteiger partial charge in [-0.1, -0.05) is 12.1 Å². The van der Waals surface area contributed by atoms with Gasteiger partial charge >= 0.3 is 12.3 Å². The summed E-state index contributed by atoms with van der Waals surface area (Å²) in [6.45, 7) is 10.2. The SMILES string of the molecule is CC(C)(C)OC(=O)Oc1ccc2c(=O)c3ccccc3sc2c1OC(=O)OC(C)(C)C. The molecule has 0 N–H and O–H groups in total. The van der Waals surface area contributed by atoms with Crippen molar-refractivity contribution in [3.8, 4) is 11.5 Å². The minimum Gasteiger partial charge on any atom is -0.428 e. The van der Waals surface area contributed by atoms with E-state index in [1.54, 1.807) is 65.8 Å². The Balaban J connectivity index is 2.15. The molecule has 0 radical (unpaired) electrons. The van der Waals surface area contributed by atoms with E-state index >= 15 is 0 Å². The van der Waals surface area contributed by atoms with Crippen molar-refractivity contribution in [3.63, 3.8) is 0 Å². The summed E-state index contributed by atoms with van der Waals surface area (Å²) in [5, 5.41) is 0.878. The molecule has 164 valence electrons. The Morgan fingerprint density at radius 2 is 1.35 bits per heavy atom. The first-order valence-electron chi connectivity index (χ1n) is 9.64. The van der Waals surface area contributed by atoms with E-state index in [1.165, 1.54) is 23.5 Å². The molecule has 0 amide bonds. The lowest BCUT2D eigenvalue weighted by Gasteiger charge is -2.21. The molecule has 0 bridgehead atoms. The number of ether oxygens (including phenoxy) is 4. The normalized spacial score (nSPS) is 11.9. The molecule has 2 aromatic carbocycles. The number of fused-ring (bicyclic) bond motifs is 2. The van der Waals surface area contributed by atoms with Crippen LogP contribution in [0.25, 0.3) is 20.2 Å². The highest BCUT2D eigenvalue weighted by atomic mass is 32.1. The summed E-state index contributed by atoms with van der Waals surface area (Å²) in [6, 6.07) is 10.0. The summed E-state index contributed by atoms with van der Waals surface area (Å²) in [6.07, 6.45) is -1.95. The highest BCUT2D eigenvalue weighted by Gasteiger charge is 2.25. The molecule has 31 heavy (non-hydrogen) atoms. The van der Waals surface area contributed by atoms with Gasteiger partial charge in [-0.05, 0) is 65.8 Å². The molecular weight excluding hydrogens is 420 g/mol. The van der Waals surface area contributed by atoms with Crippen LogP contribution in [0.5, 0.6) is 11.5 Å². The van der Waals surface area contributed by atoms with Crippen LogP contribution in [0, 0.1) is 0 Å². The van der Waals surface area contributed by atoms with Crippen LogP contribution in [-0.4, -0.2) is 23.5 Å². The Bertz CT molecular complexity index is 1210. The second-order valence-corrected chi connectivity index (χ2v) is 9.88. The molecule has 0 unspecified atom stereocenters. The fourth-order valence-electron chi connectivity index (χ4n) is 2.71. The van der Waals surface area contributed by atoms with Crippen LogP contribution in [0.1, 0.15) is 41.5 Å². The first-order chi connectivity index (χ1) is 14.3. The van der Waals surface area contributed by atoms with Gasteiger partial charge in [0.05, 0.1) is 4.70 Å². The fraction of sp³-hybridized carbons (Fsp3) is 0.348. The van der Waals surface area contributed by atoms with Crippen LogP contribution in [0.15, 0.2) is 41.2 Å². The van der Waals surface area contributed by atoms with Gasteiger partial charge in [-0.3, -0.25) is 4.79 Å². The van der Waals surface area contributed by atoms with E-state index in [2.05, 4.69) is 0 Å². The van der Waals surface area contributed by atoms with Gasteiger partial charge in [0.2, 0.25) is 0 Å². The van der Waals surface area contributed by atoms with Crippen LogP contribution < -0.4 is 14.9 Å². The predicted octanol–water partition coefficient (Wildman–Crippen LogP) is 6.04. The summed E-state index contributed by atoms with van der Waals surface area (Å²) in [4.78, 5) is 37.6. The van der Waals surface area contributed by atoms with Crippen molar-refractivity contribution < 1.29 is 28.5 Å². The number of carbonyl (C=O) groups excluding carboxylic acids is 2. The van der Waals surface area contributed by atoms with Gasteiger partial charge in [-0.25, -0.2) is 9.59 Å². The summed E-state index contributed by atoms with van der Waals surface area (Å²) in [5.74, 6) is -0.135. The van der Waals surface area contributed by atoms with E-state index in [1.807, 2.05) is 0 Å². The number of carbonyl (C=O) groups is 2. The van der Waals surface area contributed by atoms with Gasteiger partial charge in [0, 0.05) is 15.5 Å². The fourth-order valence-corrected chi connectivity index (χ4v) is 3.86. The van der Waals surface area contributed by atoms with E-state index in [-0.39, 0.29) is 16.9 Å². The third-order valence-corrected chi connectivity index (χ3v) is 5.01. The number of hydrogen-bond donors (Lipinski definition) is 0. The molecule has 1 heterocycles. The van der Waals surface area contributed by atoms with Crippen molar-refractivity contribution in [1.82, 2.24) is 0 Å². The molecule has 1 aromatic heterocycles. The predicted molar refractivity (Wildman–Crippen MR) is 119 cm³/mol. The Hall–Kier alpha value is -3.13. The van der Waals surface area contributed by atoms with Crippen molar-refractivity contribution in [3.05, 3.63) is 46.6 Å². The van der Waals surface area contributed by atoms with Crippen LogP contribution >= 0.6 is 11.3 Å². The highest BCUT2D eigenvalue weighted by Crippen LogP contribution is 2.40. The standard InChI is InChI=1S/C23H24O7S/c1-22(2,3)29-20(25)27-15-12-11-14-17(24)13-9-7-8-10-16(13)31-19(14)18(15)28-21(26)30-23(4,5)6/h7-12H,1-6H3. The van der Waals surface area contributed by atoms with E-state index < -0.39 is 23.5 Å². The Morgan fingerprint density at radius 3 is 1.97 bits per heavy atom. The van der Waals surface area contributed by atoms with Crippen molar-refractivity contribution in [2.75, 3.05) is 0 Å². The number of benzene rings is 2. The van der Waals surface area contributed by atoms with E-state index in [4.69, 9.17) is 18.9 Å². The molecule has 0 aliphatic carbocycles. The molecule has 0 atom stereocenters. The second kappa shape index (κ2) is 8.19. The molecule has 0 saturated heterocycles. The maximum atomic E-state index is 13.0. The molecule has 0 aliphatic heterocycles. The maximum absolute atomic E-state index is 13.0. The topological polar surface area (TPSA) is 88.1 Å². The minimum atomic E-state index is -0.984.